The monoisotopic (exact) mass is 333 g/mol. The van der Waals surface area contributed by atoms with Crippen LogP contribution in [0.15, 0.2) is 59.6 Å². The smallest absolute Gasteiger partial charge is 0.265 e. The number of fused-ring (bicyclic) bond motifs is 2. The summed E-state index contributed by atoms with van der Waals surface area (Å²) in [6.07, 6.45) is 4.68. The van der Waals surface area contributed by atoms with Gasteiger partial charge in [0.05, 0.1) is 22.7 Å². The van der Waals surface area contributed by atoms with E-state index in [0.29, 0.717) is 12.1 Å². The van der Waals surface area contributed by atoms with Gasteiger partial charge >= 0.3 is 0 Å². The van der Waals surface area contributed by atoms with E-state index in [1.54, 1.807) is 12.1 Å². The third kappa shape index (κ3) is 2.15. The number of hydrogen-bond donors (Lipinski definition) is 0. The van der Waals surface area contributed by atoms with Gasteiger partial charge in [-0.25, -0.2) is 0 Å². The van der Waals surface area contributed by atoms with Gasteiger partial charge in [-0.15, -0.1) is 0 Å². The fourth-order valence-corrected chi connectivity index (χ4v) is 4.67. The van der Waals surface area contributed by atoms with Crippen LogP contribution in [0.1, 0.15) is 42.9 Å². The number of rotatable bonds is 3. The van der Waals surface area contributed by atoms with Crippen LogP contribution >= 0.6 is 0 Å². The molecule has 2 aromatic rings. The Balaban J connectivity index is 1.52. The summed E-state index contributed by atoms with van der Waals surface area (Å²) in [4.78, 5) is 18.3. The van der Waals surface area contributed by atoms with E-state index < -0.39 is 0 Å². The van der Waals surface area contributed by atoms with Gasteiger partial charge in [-0.3, -0.25) is 20.0 Å². The quantitative estimate of drug-likeness (QED) is 0.483. The molecule has 2 aliphatic heterocycles. The van der Waals surface area contributed by atoms with Crippen LogP contribution in [0, 0.1) is 10.1 Å². The molecule has 1 spiro atoms. The first-order chi connectivity index (χ1) is 12.2. The maximum absolute atomic E-state index is 10.9. The molecule has 2 fully saturated rings. The number of non-ortho nitro benzene ring substituents is 1. The molecule has 1 saturated carbocycles. The SMILES string of the molecule is O=[N+]([O-])c1ccc(C2[C@H]3C(c4ccccc4)=NC4(CCCC4)N23)cc1. The Hall–Kier alpha value is -2.53. The van der Waals surface area contributed by atoms with Crippen molar-refractivity contribution in [3.05, 3.63) is 75.8 Å². The fraction of sp³-hybridized carbons (Fsp3) is 0.350. The van der Waals surface area contributed by atoms with Crippen LogP contribution in [0.2, 0.25) is 0 Å². The lowest BCUT2D eigenvalue weighted by Crippen LogP contribution is -2.30. The molecule has 0 amide bonds. The van der Waals surface area contributed by atoms with E-state index in [-0.39, 0.29) is 16.3 Å². The molecule has 1 saturated heterocycles. The van der Waals surface area contributed by atoms with Crippen LogP contribution in [0.4, 0.5) is 5.69 Å². The summed E-state index contributed by atoms with van der Waals surface area (Å²) in [7, 11) is 0. The van der Waals surface area contributed by atoms with Gasteiger partial charge in [0.25, 0.3) is 5.69 Å². The Bertz CT molecular complexity index is 854. The van der Waals surface area contributed by atoms with Gasteiger partial charge in [-0.2, -0.15) is 0 Å². The summed E-state index contributed by atoms with van der Waals surface area (Å²) in [5.74, 6) is 0. The van der Waals surface area contributed by atoms with E-state index >= 15 is 0 Å². The molecular weight excluding hydrogens is 314 g/mol. The Morgan fingerprint density at radius 2 is 1.68 bits per heavy atom. The van der Waals surface area contributed by atoms with Crippen LogP contribution in [0.3, 0.4) is 0 Å². The number of aliphatic imine (C=N–C) groups is 1. The van der Waals surface area contributed by atoms with Gasteiger partial charge in [0, 0.05) is 12.1 Å². The van der Waals surface area contributed by atoms with Crippen LogP contribution in [0.5, 0.6) is 0 Å². The van der Waals surface area contributed by atoms with Crippen molar-refractivity contribution in [3.63, 3.8) is 0 Å². The maximum atomic E-state index is 10.9. The predicted molar refractivity (Wildman–Crippen MR) is 95.6 cm³/mol. The zero-order chi connectivity index (χ0) is 17.0. The van der Waals surface area contributed by atoms with E-state index in [4.69, 9.17) is 4.99 Å². The minimum atomic E-state index is -0.340. The second-order valence-corrected chi connectivity index (χ2v) is 7.20. The molecule has 2 unspecified atom stereocenters. The number of nitrogens with zero attached hydrogens (tertiary/aromatic N) is 3. The lowest BCUT2D eigenvalue weighted by Gasteiger charge is -2.25. The van der Waals surface area contributed by atoms with Crippen molar-refractivity contribution in [2.24, 2.45) is 4.99 Å². The molecule has 5 rings (SSSR count). The third-order valence-corrected chi connectivity index (χ3v) is 5.82. The van der Waals surface area contributed by atoms with Gasteiger partial charge in [0.15, 0.2) is 0 Å². The van der Waals surface area contributed by atoms with Crippen LogP contribution in [-0.2, 0) is 0 Å². The summed E-state index contributed by atoms with van der Waals surface area (Å²) in [6, 6.07) is 18.1. The molecule has 3 atom stereocenters. The number of nitro benzene ring substituents is 1. The lowest BCUT2D eigenvalue weighted by atomic mass is 10.0. The highest BCUT2D eigenvalue weighted by Gasteiger charge is 2.65. The van der Waals surface area contributed by atoms with Crippen molar-refractivity contribution in [1.82, 2.24) is 4.90 Å². The second kappa shape index (κ2) is 5.23. The highest BCUT2D eigenvalue weighted by molar-refractivity contribution is 6.08. The van der Waals surface area contributed by atoms with E-state index in [1.807, 2.05) is 18.2 Å². The molecule has 5 nitrogen and oxygen atoms in total. The summed E-state index contributed by atoms with van der Waals surface area (Å²) in [6.45, 7) is 0. The Kier molecular flexibility index (Phi) is 3.09. The fourth-order valence-electron chi connectivity index (χ4n) is 4.67. The molecule has 25 heavy (non-hydrogen) atoms. The summed E-state index contributed by atoms with van der Waals surface area (Å²) >= 11 is 0. The molecule has 0 bridgehead atoms. The van der Waals surface area contributed by atoms with E-state index in [1.165, 1.54) is 24.1 Å². The summed E-state index contributed by atoms with van der Waals surface area (Å²) < 4.78 is 0. The Morgan fingerprint density at radius 3 is 2.32 bits per heavy atom. The van der Waals surface area contributed by atoms with Crippen LogP contribution in [0.25, 0.3) is 0 Å². The molecule has 3 aliphatic rings. The van der Waals surface area contributed by atoms with E-state index in [0.717, 1.165) is 18.4 Å². The van der Waals surface area contributed by atoms with Gasteiger partial charge in [0.2, 0.25) is 0 Å². The summed E-state index contributed by atoms with van der Waals surface area (Å²) in [5, 5.41) is 10.9. The molecule has 0 aromatic heterocycles. The molecule has 2 heterocycles. The average Bonchev–Trinajstić information content (AvgIpc) is 3.07. The van der Waals surface area contributed by atoms with Crippen molar-refractivity contribution >= 4 is 11.4 Å². The standard InChI is InChI=1S/C20H19N3O2/c24-23(25)16-10-8-15(9-11-16)18-19-17(14-6-2-1-3-7-14)21-20(22(18)19)12-4-5-13-20/h1-3,6-11,18-19H,4-5,12-13H2/t18?,19-,22?/m1/s1. The molecule has 0 radical (unpaired) electrons. The highest BCUT2D eigenvalue weighted by atomic mass is 16.6. The van der Waals surface area contributed by atoms with Crippen LogP contribution in [-0.4, -0.2) is 27.2 Å². The predicted octanol–water partition coefficient (Wildman–Crippen LogP) is 4.09. The van der Waals surface area contributed by atoms with Gasteiger partial charge in [0.1, 0.15) is 5.66 Å². The Labute approximate surface area is 146 Å². The van der Waals surface area contributed by atoms with Gasteiger partial charge < -0.3 is 0 Å². The zero-order valence-electron chi connectivity index (χ0n) is 13.8. The second-order valence-electron chi connectivity index (χ2n) is 7.20. The van der Waals surface area contributed by atoms with Crippen LogP contribution < -0.4 is 0 Å². The first-order valence-electron chi connectivity index (χ1n) is 8.88. The number of benzene rings is 2. The molecule has 2 aromatic carbocycles. The molecule has 126 valence electrons. The van der Waals surface area contributed by atoms with E-state index in [2.05, 4.69) is 29.2 Å². The topological polar surface area (TPSA) is 58.5 Å². The Morgan fingerprint density at radius 1 is 1.00 bits per heavy atom. The minimum Gasteiger partial charge on any atom is -0.265 e. The van der Waals surface area contributed by atoms with E-state index in [9.17, 15) is 10.1 Å². The molecule has 5 heteroatoms. The first-order valence-corrected chi connectivity index (χ1v) is 8.88. The third-order valence-electron chi connectivity index (χ3n) is 5.82. The molecular formula is C20H19N3O2. The first kappa shape index (κ1) is 14.8. The largest absolute Gasteiger partial charge is 0.269 e. The average molecular weight is 333 g/mol. The molecule has 1 aliphatic carbocycles. The maximum Gasteiger partial charge on any atom is 0.269 e. The number of nitro groups is 1. The van der Waals surface area contributed by atoms with Crippen molar-refractivity contribution < 1.29 is 4.92 Å². The van der Waals surface area contributed by atoms with Crippen molar-refractivity contribution in [3.8, 4) is 0 Å². The van der Waals surface area contributed by atoms with Gasteiger partial charge in [-0.05, 0) is 36.8 Å². The number of hydrogen-bond acceptors (Lipinski definition) is 4. The zero-order valence-corrected chi connectivity index (χ0v) is 13.8. The molecule has 0 N–H and O–H groups in total. The van der Waals surface area contributed by atoms with Crippen molar-refractivity contribution in [2.45, 2.75) is 43.4 Å². The van der Waals surface area contributed by atoms with Crippen molar-refractivity contribution in [1.29, 1.82) is 0 Å². The summed E-state index contributed by atoms with van der Waals surface area (Å²) in [5.41, 5.74) is 3.64. The van der Waals surface area contributed by atoms with Crippen molar-refractivity contribution in [2.75, 3.05) is 0 Å². The minimum absolute atomic E-state index is 0.0533. The normalized spacial score (nSPS) is 28.6. The lowest BCUT2D eigenvalue weighted by molar-refractivity contribution is -0.384. The highest BCUT2D eigenvalue weighted by Crippen LogP contribution is 2.59. The van der Waals surface area contributed by atoms with Gasteiger partial charge in [-0.1, -0.05) is 42.5 Å².